The first-order valence-electron chi connectivity index (χ1n) is 4.97. The van der Waals surface area contributed by atoms with Crippen LogP contribution < -0.4 is 0 Å². The lowest BCUT2D eigenvalue weighted by Crippen LogP contribution is -2.09. The first kappa shape index (κ1) is 11.6. The van der Waals surface area contributed by atoms with Gasteiger partial charge in [0.05, 0.1) is 23.5 Å². The first-order valence-corrected chi connectivity index (χ1v) is 5.34. The van der Waals surface area contributed by atoms with E-state index in [-0.39, 0.29) is 6.42 Å². The summed E-state index contributed by atoms with van der Waals surface area (Å²) in [5, 5.41) is 17.2. The number of benzene rings is 1. The van der Waals surface area contributed by atoms with Crippen molar-refractivity contribution in [1.29, 1.82) is 0 Å². The maximum Gasteiger partial charge on any atom is 0.309 e. The molecule has 0 radical (unpaired) electrons. The molecular weight excluding hydrogens is 242 g/mol. The molecular formula is C11H10ClN3O2. The Morgan fingerprint density at radius 2 is 2.29 bits per heavy atom. The van der Waals surface area contributed by atoms with E-state index in [1.54, 1.807) is 31.2 Å². The summed E-state index contributed by atoms with van der Waals surface area (Å²) in [5.41, 5.74) is 1.86. The fourth-order valence-corrected chi connectivity index (χ4v) is 1.72. The summed E-state index contributed by atoms with van der Waals surface area (Å²) >= 11 is 5.88. The number of carboxylic acid groups (broad SMARTS) is 1. The molecule has 0 aliphatic carbocycles. The Labute approximate surface area is 103 Å². The van der Waals surface area contributed by atoms with E-state index >= 15 is 0 Å². The summed E-state index contributed by atoms with van der Waals surface area (Å²) in [6.07, 6.45) is -0.120. The standard InChI is InChI=1S/C11H10ClN3O2/c1-7-10(6-11(16)17)15(14-13-7)9-4-2-3-8(12)5-9/h2-5H,6H2,1H3,(H,16,17). The van der Waals surface area contributed by atoms with Crippen LogP contribution in [-0.4, -0.2) is 26.1 Å². The minimum absolute atomic E-state index is 0.120. The molecule has 6 heteroatoms. The van der Waals surface area contributed by atoms with Crippen molar-refractivity contribution in [1.82, 2.24) is 15.0 Å². The number of aliphatic carboxylic acids is 1. The lowest BCUT2D eigenvalue weighted by atomic mass is 10.2. The molecule has 0 saturated carbocycles. The van der Waals surface area contributed by atoms with Crippen LogP contribution in [0.5, 0.6) is 0 Å². The van der Waals surface area contributed by atoms with Crippen LogP contribution in [0.1, 0.15) is 11.4 Å². The predicted molar refractivity (Wildman–Crippen MR) is 62.4 cm³/mol. The third kappa shape index (κ3) is 2.45. The van der Waals surface area contributed by atoms with E-state index in [4.69, 9.17) is 16.7 Å². The van der Waals surface area contributed by atoms with Gasteiger partial charge >= 0.3 is 5.97 Å². The highest BCUT2D eigenvalue weighted by Crippen LogP contribution is 2.17. The third-order valence-corrected chi connectivity index (χ3v) is 2.56. The van der Waals surface area contributed by atoms with Gasteiger partial charge in [-0.25, -0.2) is 4.68 Å². The van der Waals surface area contributed by atoms with Gasteiger partial charge in [-0.1, -0.05) is 22.9 Å². The number of carbonyl (C=O) groups is 1. The van der Waals surface area contributed by atoms with Crippen molar-refractivity contribution in [3.05, 3.63) is 40.7 Å². The van der Waals surface area contributed by atoms with Crippen molar-refractivity contribution < 1.29 is 9.90 Å². The molecule has 88 valence electrons. The van der Waals surface area contributed by atoms with Gasteiger partial charge in [0.2, 0.25) is 0 Å². The van der Waals surface area contributed by atoms with E-state index in [1.807, 2.05) is 0 Å². The van der Waals surface area contributed by atoms with E-state index in [2.05, 4.69) is 10.3 Å². The molecule has 0 atom stereocenters. The fraction of sp³-hybridized carbons (Fsp3) is 0.182. The maximum absolute atomic E-state index is 10.8. The molecule has 0 spiro atoms. The minimum Gasteiger partial charge on any atom is -0.481 e. The van der Waals surface area contributed by atoms with E-state index in [1.165, 1.54) is 4.68 Å². The molecule has 1 aromatic carbocycles. The van der Waals surface area contributed by atoms with E-state index in [0.29, 0.717) is 22.1 Å². The van der Waals surface area contributed by atoms with Crippen LogP contribution >= 0.6 is 11.6 Å². The summed E-state index contributed by atoms with van der Waals surface area (Å²) in [6.45, 7) is 1.73. The highest BCUT2D eigenvalue weighted by atomic mass is 35.5. The highest BCUT2D eigenvalue weighted by Gasteiger charge is 2.14. The summed E-state index contributed by atoms with van der Waals surface area (Å²) in [5.74, 6) is -0.918. The zero-order valence-corrected chi connectivity index (χ0v) is 9.85. The molecule has 0 amide bonds. The lowest BCUT2D eigenvalue weighted by molar-refractivity contribution is -0.136. The van der Waals surface area contributed by atoms with Crippen LogP contribution in [-0.2, 0) is 11.2 Å². The van der Waals surface area contributed by atoms with Crippen molar-refractivity contribution in [3.8, 4) is 5.69 Å². The molecule has 0 aliphatic heterocycles. The zero-order valence-electron chi connectivity index (χ0n) is 9.09. The largest absolute Gasteiger partial charge is 0.481 e. The van der Waals surface area contributed by atoms with Gasteiger partial charge < -0.3 is 5.11 Å². The Morgan fingerprint density at radius 1 is 1.53 bits per heavy atom. The van der Waals surface area contributed by atoms with Gasteiger partial charge in [-0.15, -0.1) is 5.10 Å². The number of hydrogen-bond acceptors (Lipinski definition) is 3. The monoisotopic (exact) mass is 251 g/mol. The van der Waals surface area contributed by atoms with E-state index < -0.39 is 5.97 Å². The quantitative estimate of drug-likeness (QED) is 0.904. The molecule has 5 nitrogen and oxygen atoms in total. The molecule has 2 rings (SSSR count). The van der Waals surface area contributed by atoms with Crippen LogP contribution in [0.3, 0.4) is 0 Å². The third-order valence-electron chi connectivity index (χ3n) is 2.33. The summed E-state index contributed by atoms with van der Waals surface area (Å²) < 4.78 is 1.50. The van der Waals surface area contributed by atoms with Crippen molar-refractivity contribution in [2.45, 2.75) is 13.3 Å². The van der Waals surface area contributed by atoms with Crippen LogP contribution in [0.25, 0.3) is 5.69 Å². The van der Waals surface area contributed by atoms with Crippen LogP contribution in [0, 0.1) is 6.92 Å². The average molecular weight is 252 g/mol. The molecule has 1 aromatic heterocycles. The lowest BCUT2D eigenvalue weighted by Gasteiger charge is -2.05. The maximum atomic E-state index is 10.8. The molecule has 2 aromatic rings. The van der Waals surface area contributed by atoms with Crippen molar-refractivity contribution >= 4 is 17.6 Å². The molecule has 0 fully saturated rings. The Bertz CT molecular complexity index is 566. The summed E-state index contributed by atoms with van der Waals surface area (Å²) in [7, 11) is 0. The normalized spacial score (nSPS) is 10.5. The Balaban J connectivity index is 2.48. The number of aryl methyl sites for hydroxylation is 1. The number of carboxylic acids is 1. The van der Waals surface area contributed by atoms with Crippen molar-refractivity contribution in [3.63, 3.8) is 0 Å². The van der Waals surface area contributed by atoms with Crippen LogP contribution in [0.15, 0.2) is 24.3 Å². The van der Waals surface area contributed by atoms with Gasteiger partial charge in [-0.3, -0.25) is 4.79 Å². The topological polar surface area (TPSA) is 68.0 Å². The SMILES string of the molecule is Cc1nnn(-c2cccc(Cl)c2)c1CC(=O)O. The Hall–Kier alpha value is -1.88. The summed E-state index contributed by atoms with van der Waals surface area (Å²) in [4.78, 5) is 10.8. The van der Waals surface area contributed by atoms with Gasteiger partial charge in [0.15, 0.2) is 0 Å². The molecule has 1 N–H and O–H groups in total. The number of nitrogens with zero attached hydrogens (tertiary/aromatic N) is 3. The first-order chi connectivity index (χ1) is 8.08. The van der Waals surface area contributed by atoms with Crippen molar-refractivity contribution in [2.24, 2.45) is 0 Å². The molecule has 0 bridgehead atoms. The molecule has 17 heavy (non-hydrogen) atoms. The van der Waals surface area contributed by atoms with Gasteiger partial charge in [0.1, 0.15) is 0 Å². The Morgan fingerprint density at radius 3 is 2.94 bits per heavy atom. The van der Waals surface area contributed by atoms with Gasteiger partial charge in [0, 0.05) is 5.02 Å². The number of rotatable bonds is 3. The highest BCUT2D eigenvalue weighted by molar-refractivity contribution is 6.30. The van der Waals surface area contributed by atoms with Gasteiger partial charge in [-0.05, 0) is 25.1 Å². The Kier molecular flexibility index (Phi) is 3.10. The predicted octanol–water partition coefficient (Wildman–Crippen LogP) is 1.86. The smallest absolute Gasteiger partial charge is 0.309 e. The fourth-order valence-electron chi connectivity index (χ4n) is 1.54. The van der Waals surface area contributed by atoms with Crippen LogP contribution in [0.4, 0.5) is 0 Å². The molecule has 0 saturated heterocycles. The number of hydrogen-bond donors (Lipinski definition) is 1. The number of halogens is 1. The summed E-state index contributed by atoms with van der Waals surface area (Å²) in [6, 6.07) is 7.03. The van der Waals surface area contributed by atoms with Gasteiger partial charge in [0.25, 0.3) is 0 Å². The minimum atomic E-state index is -0.918. The second-order valence-electron chi connectivity index (χ2n) is 3.58. The molecule has 0 unspecified atom stereocenters. The molecule has 0 aliphatic rings. The average Bonchev–Trinajstić information content (AvgIpc) is 2.60. The second kappa shape index (κ2) is 4.55. The molecule has 1 heterocycles. The second-order valence-corrected chi connectivity index (χ2v) is 4.02. The van der Waals surface area contributed by atoms with Crippen LogP contribution in [0.2, 0.25) is 5.02 Å². The zero-order chi connectivity index (χ0) is 12.4. The van der Waals surface area contributed by atoms with E-state index in [0.717, 1.165) is 0 Å². The van der Waals surface area contributed by atoms with Crippen molar-refractivity contribution in [2.75, 3.05) is 0 Å². The van der Waals surface area contributed by atoms with E-state index in [9.17, 15) is 4.79 Å². The number of aromatic nitrogens is 3. The van der Waals surface area contributed by atoms with Gasteiger partial charge in [-0.2, -0.15) is 0 Å².